The Morgan fingerprint density at radius 2 is 1.94 bits per heavy atom. The first-order valence-corrected chi connectivity index (χ1v) is 11.5. The highest BCUT2D eigenvalue weighted by Gasteiger charge is 2.26. The molecule has 0 radical (unpaired) electrons. The van der Waals surface area contributed by atoms with E-state index in [-0.39, 0.29) is 11.9 Å². The summed E-state index contributed by atoms with van der Waals surface area (Å²) in [7, 11) is 0. The van der Waals surface area contributed by atoms with E-state index in [0.29, 0.717) is 12.3 Å². The van der Waals surface area contributed by atoms with Gasteiger partial charge in [-0.25, -0.2) is 9.18 Å². The lowest BCUT2D eigenvalue weighted by atomic mass is 9.89. The maximum absolute atomic E-state index is 13.5. The van der Waals surface area contributed by atoms with E-state index >= 15 is 0 Å². The number of rotatable bonds is 5. The highest BCUT2D eigenvalue weighted by molar-refractivity contribution is 5.88. The maximum Gasteiger partial charge on any atom is 0.317 e. The predicted octanol–water partition coefficient (Wildman–Crippen LogP) is 4.64. The van der Waals surface area contributed by atoms with E-state index in [1.165, 1.54) is 27.7 Å². The molecule has 5 nitrogen and oxygen atoms in total. The topological polar surface area (TPSA) is 40.5 Å². The SMILES string of the molecule is Cc1ccc2c(c1)c(C1CCN(CCN3CCNC3=O)CC1)cn2C1=CC=C(F)CC1. The van der Waals surface area contributed by atoms with Crippen LogP contribution < -0.4 is 5.32 Å². The number of carbonyl (C=O) groups is 1. The molecule has 3 aliphatic rings. The van der Waals surface area contributed by atoms with Gasteiger partial charge < -0.3 is 19.7 Å². The second kappa shape index (κ2) is 8.50. The largest absolute Gasteiger partial charge is 0.336 e. The first kappa shape index (κ1) is 20.3. The summed E-state index contributed by atoms with van der Waals surface area (Å²) in [4.78, 5) is 16.2. The normalized spacial score (nSPS) is 20.8. The molecule has 1 aromatic carbocycles. The van der Waals surface area contributed by atoms with Crippen LogP contribution in [-0.2, 0) is 0 Å². The van der Waals surface area contributed by atoms with E-state index < -0.39 is 0 Å². The van der Waals surface area contributed by atoms with Crippen molar-refractivity contribution in [2.24, 2.45) is 0 Å². The van der Waals surface area contributed by atoms with Crippen LogP contribution in [0.3, 0.4) is 0 Å². The fraction of sp³-hybridized carbons (Fsp3) is 0.480. The van der Waals surface area contributed by atoms with Crippen LogP contribution in [0.5, 0.6) is 0 Å². The second-order valence-corrected chi connectivity index (χ2v) is 9.08. The van der Waals surface area contributed by atoms with Crippen LogP contribution in [0.1, 0.15) is 42.7 Å². The Labute approximate surface area is 183 Å². The number of amides is 2. The van der Waals surface area contributed by atoms with Crippen molar-refractivity contribution in [2.75, 3.05) is 39.3 Å². The van der Waals surface area contributed by atoms with Crippen molar-refractivity contribution >= 4 is 22.6 Å². The van der Waals surface area contributed by atoms with E-state index in [1.54, 1.807) is 6.08 Å². The number of halogens is 1. The number of fused-ring (bicyclic) bond motifs is 1. The first-order chi connectivity index (χ1) is 15.1. The molecule has 1 aliphatic carbocycles. The quantitative estimate of drug-likeness (QED) is 0.762. The van der Waals surface area contributed by atoms with Gasteiger partial charge in [-0.3, -0.25) is 0 Å². The molecule has 0 atom stereocenters. The molecule has 31 heavy (non-hydrogen) atoms. The van der Waals surface area contributed by atoms with Gasteiger partial charge >= 0.3 is 6.03 Å². The Hall–Kier alpha value is -2.60. The molecular formula is C25H31FN4O. The maximum atomic E-state index is 13.5. The average molecular weight is 423 g/mol. The van der Waals surface area contributed by atoms with Crippen LogP contribution in [0.4, 0.5) is 9.18 Å². The lowest BCUT2D eigenvalue weighted by molar-refractivity contribution is 0.181. The lowest BCUT2D eigenvalue weighted by Gasteiger charge is -2.32. The number of aryl methyl sites for hydroxylation is 1. The standard InChI is InChI=1S/C25H31FN4O/c1-18-2-7-24-22(16-18)23(17-30(24)21-5-3-20(26)4-6-21)19-8-11-28(12-9-19)14-15-29-13-10-27-25(29)31/h2-3,5,7,16-17,19H,4,6,8-15H2,1H3,(H,27,31). The third kappa shape index (κ3) is 4.13. The molecule has 2 saturated heterocycles. The molecule has 1 N–H and O–H groups in total. The molecule has 2 aromatic rings. The number of aromatic nitrogens is 1. The number of urea groups is 1. The van der Waals surface area contributed by atoms with Gasteiger partial charge in [-0.2, -0.15) is 0 Å². The van der Waals surface area contributed by atoms with Crippen LogP contribution in [-0.4, -0.2) is 59.7 Å². The van der Waals surface area contributed by atoms with Crippen LogP contribution in [0.2, 0.25) is 0 Å². The summed E-state index contributed by atoms with van der Waals surface area (Å²) in [6, 6.07) is 6.75. The number of benzene rings is 1. The Kier molecular flexibility index (Phi) is 5.57. The van der Waals surface area contributed by atoms with Crippen LogP contribution in [0, 0.1) is 6.92 Å². The Morgan fingerprint density at radius 1 is 1.10 bits per heavy atom. The number of nitrogens with zero attached hydrogens (tertiary/aromatic N) is 3. The Balaban J connectivity index is 1.32. The van der Waals surface area contributed by atoms with Gasteiger partial charge in [0, 0.05) is 49.9 Å². The summed E-state index contributed by atoms with van der Waals surface area (Å²) in [6.45, 7) is 7.63. The molecule has 5 rings (SSSR count). The van der Waals surface area contributed by atoms with E-state index in [9.17, 15) is 9.18 Å². The van der Waals surface area contributed by atoms with Crippen molar-refractivity contribution in [2.45, 2.75) is 38.5 Å². The second-order valence-electron chi connectivity index (χ2n) is 9.08. The number of likely N-dealkylation sites (tertiary alicyclic amines) is 1. The first-order valence-electron chi connectivity index (χ1n) is 11.5. The summed E-state index contributed by atoms with van der Waals surface area (Å²) in [5, 5.41) is 4.21. The fourth-order valence-corrected chi connectivity index (χ4v) is 5.19. The van der Waals surface area contributed by atoms with Crippen LogP contribution in [0.25, 0.3) is 16.6 Å². The van der Waals surface area contributed by atoms with Gasteiger partial charge in [0.05, 0.1) is 5.52 Å². The zero-order chi connectivity index (χ0) is 21.4. The fourth-order valence-electron chi connectivity index (χ4n) is 5.19. The molecule has 0 bridgehead atoms. The minimum atomic E-state index is -0.0323. The van der Waals surface area contributed by atoms with Gasteiger partial charge in [-0.05, 0) is 75.0 Å². The summed E-state index contributed by atoms with van der Waals surface area (Å²) in [5.41, 5.74) is 5.09. The zero-order valence-electron chi connectivity index (χ0n) is 18.2. The molecule has 164 valence electrons. The van der Waals surface area contributed by atoms with Crippen molar-refractivity contribution in [3.05, 3.63) is 53.5 Å². The lowest BCUT2D eigenvalue weighted by Crippen LogP contribution is -2.40. The van der Waals surface area contributed by atoms with Crippen molar-refractivity contribution in [3.8, 4) is 0 Å². The molecule has 0 spiro atoms. The third-order valence-electron chi connectivity index (χ3n) is 7.04. The molecular weight excluding hydrogens is 391 g/mol. The molecule has 3 heterocycles. The Morgan fingerprint density at radius 3 is 2.65 bits per heavy atom. The number of hydrogen-bond donors (Lipinski definition) is 1. The van der Waals surface area contributed by atoms with Crippen molar-refractivity contribution in [1.29, 1.82) is 0 Å². The van der Waals surface area contributed by atoms with Gasteiger partial charge in [0.1, 0.15) is 5.83 Å². The van der Waals surface area contributed by atoms with Gasteiger partial charge in [-0.15, -0.1) is 0 Å². The molecule has 2 aliphatic heterocycles. The van der Waals surface area contributed by atoms with Crippen molar-refractivity contribution in [3.63, 3.8) is 0 Å². The van der Waals surface area contributed by atoms with Gasteiger partial charge in [0.2, 0.25) is 0 Å². The monoisotopic (exact) mass is 422 g/mol. The zero-order valence-corrected chi connectivity index (χ0v) is 18.2. The summed E-state index contributed by atoms with van der Waals surface area (Å²) in [6.07, 6.45) is 9.33. The average Bonchev–Trinajstić information content (AvgIpc) is 3.36. The predicted molar refractivity (Wildman–Crippen MR) is 123 cm³/mol. The van der Waals surface area contributed by atoms with E-state index in [4.69, 9.17) is 0 Å². The Bertz CT molecular complexity index is 1050. The highest BCUT2D eigenvalue weighted by atomic mass is 19.1. The molecule has 1 aromatic heterocycles. The molecule has 0 unspecified atom stereocenters. The number of carbonyl (C=O) groups excluding carboxylic acids is 1. The van der Waals surface area contributed by atoms with E-state index in [1.807, 2.05) is 11.0 Å². The number of allylic oxidation sites excluding steroid dienone is 4. The van der Waals surface area contributed by atoms with Gasteiger partial charge in [-0.1, -0.05) is 11.6 Å². The number of hydrogen-bond acceptors (Lipinski definition) is 2. The minimum Gasteiger partial charge on any atom is -0.336 e. The van der Waals surface area contributed by atoms with Crippen molar-refractivity contribution < 1.29 is 9.18 Å². The van der Waals surface area contributed by atoms with Crippen molar-refractivity contribution in [1.82, 2.24) is 19.7 Å². The highest BCUT2D eigenvalue weighted by Crippen LogP contribution is 2.37. The minimum absolute atomic E-state index is 0.0323. The summed E-state index contributed by atoms with van der Waals surface area (Å²) < 4.78 is 15.8. The molecule has 6 heteroatoms. The number of nitrogens with one attached hydrogen (secondary N) is 1. The van der Waals surface area contributed by atoms with Crippen LogP contribution >= 0.6 is 0 Å². The molecule has 2 fully saturated rings. The third-order valence-corrected chi connectivity index (χ3v) is 7.04. The smallest absolute Gasteiger partial charge is 0.317 e. The molecule has 2 amide bonds. The summed E-state index contributed by atoms with van der Waals surface area (Å²) >= 11 is 0. The summed E-state index contributed by atoms with van der Waals surface area (Å²) in [5.74, 6) is 0.503. The number of piperidine rings is 1. The van der Waals surface area contributed by atoms with Gasteiger partial charge in [0.25, 0.3) is 0 Å². The van der Waals surface area contributed by atoms with E-state index in [2.05, 4.69) is 46.1 Å². The van der Waals surface area contributed by atoms with Gasteiger partial charge in [0.15, 0.2) is 0 Å². The van der Waals surface area contributed by atoms with Crippen LogP contribution in [0.15, 0.2) is 42.4 Å². The van der Waals surface area contributed by atoms with E-state index in [0.717, 1.165) is 58.5 Å². The molecule has 0 saturated carbocycles.